The lowest BCUT2D eigenvalue weighted by atomic mass is 9.86. The monoisotopic (exact) mass is 414 g/mol. The summed E-state index contributed by atoms with van der Waals surface area (Å²) in [6.07, 6.45) is -0.598. The van der Waals surface area contributed by atoms with Crippen LogP contribution in [0.25, 0.3) is 10.8 Å². The molecule has 0 bridgehead atoms. The summed E-state index contributed by atoms with van der Waals surface area (Å²) in [4.78, 5) is 25.0. The van der Waals surface area contributed by atoms with Gasteiger partial charge in [0.2, 0.25) is 5.78 Å². The molecule has 0 saturated heterocycles. The van der Waals surface area contributed by atoms with Crippen LogP contribution in [0.15, 0.2) is 62.6 Å². The number of rotatable bonds is 3. The lowest BCUT2D eigenvalue weighted by Crippen LogP contribution is -2.44. The number of Topliss-reactive ketones (excluding diaryl/α,β-unsaturated/α-hetero) is 2. The molecule has 0 amide bonds. The fourth-order valence-electron chi connectivity index (χ4n) is 2.61. The topological polar surface area (TPSA) is 54.4 Å². The standard InChI is InChI=1S/C18H10Cl4O3/c19-13-14(20)16(22)18(25,17(24)15(13)21)8-12(23)11-6-5-9-3-1-2-4-10(9)7-11/h1-7,25H,8H2. The van der Waals surface area contributed by atoms with E-state index in [1.165, 1.54) is 0 Å². The average molecular weight is 416 g/mol. The van der Waals surface area contributed by atoms with Crippen molar-refractivity contribution in [1.29, 1.82) is 0 Å². The van der Waals surface area contributed by atoms with Gasteiger partial charge in [-0.25, -0.2) is 0 Å². The van der Waals surface area contributed by atoms with Crippen molar-refractivity contribution in [3.63, 3.8) is 0 Å². The second-order valence-corrected chi connectivity index (χ2v) is 7.12. The molecule has 0 aromatic heterocycles. The van der Waals surface area contributed by atoms with Crippen LogP contribution in [-0.2, 0) is 4.79 Å². The number of ketones is 2. The normalized spacial score (nSPS) is 21.2. The fourth-order valence-corrected chi connectivity index (χ4v) is 3.64. The summed E-state index contributed by atoms with van der Waals surface area (Å²) >= 11 is 23.6. The summed E-state index contributed by atoms with van der Waals surface area (Å²) in [6, 6.07) is 12.6. The number of carbonyl (C=O) groups is 2. The summed E-state index contributed by atoms with van der Waals surface area (Å²) in [6.45, 7) is 0. The van der Waals surface area contributed by atoms with Gasteiger partial charge in [-0.3, -0.25) is 9.59 Å². The van der Waals surface area contributed by atoms with Crippen molar-refractivity contribution >= 4 is 68.7 Å². The first kappa shape index (κ1) is 18.4. The van der Waals surface area contributed by atoms with E-state index in [0.717, 1.165) is 10.8 Å². The van der Waals surface area contributed by atoms with Crippen LogP contribution in [0.3, 0.4) is 0 Å². The molecule has 1 aliphatic rings. The third kappa shape index (κ3) is 3.12. The van der Waals surface area contributed by atoms with Gasteiger partial charge in [0.05, 0.1) is 21.5 Å². The van der Waals surface area contributed by atoms with Crippen molar-refractivity contribution < 1.29 is 14.7 Å². The Kier molecular flexibility index (Phi) is 4.97. The van der Waals surface area contributed by atoms with Gasteiger partial charge in [-0.15, -0.1) is 0 Å². The van der Waals surface area contributed by atoms with Gasteiger partial charge in [-0.1, -0.05) is 82.8 Å². The smallest absolute Gasteiger partial charge is 0.213 e. The van der Waals surface area contributed by atoms with E-state index in [0.29, 0.717) is 5.56 Å². The van der Waals surface area contributed by atoms with Gasteiger partial charge in [0.15, 0.2) is 11.4 Å². The van der Waals surface area contributed by atoms with Crippen LogP contribution in [0, 0.1) is 0 Å². The molecular formula is C18H10Cl4O3. The van der Waals surface area contributed by atoms with Crippen LogP contribution in [-0.4, -0.2) is 22.3 Å². The SMILES string of the molecule is O=C(CC1(O)C(=O)C(Cl)=C(Cl)C(Cl)=C1Cl)c1ccc2ccccc2c1. The highest BCUT2D eigenvalue weighted by molar-refractivity contribution is 6.58. The van der Waals surface area contributed by atoms with Crippen molar-refractivity contribution in [1.82, 2.24) is 0 Å². The molecule has 128 valence electrons. The maximum absolute atomic E-state index is 12.6. The molecule has 0 spiro atoms. The highest BCUT2D eigenvalue weighted by Gasteiger charge is 2.48. The quantitative estimate of drug-likeness (QED) is 0.709. The van der Waals surface area contributed by atoms with Gasteiger partial charge in [0.1, 0.15) is 5.03 Å². The highest BCUT2D eigenvalue weighted by Crippen LogP contribution is 2.44. The zero-order chi connectivity index (χ0) is 18.4. The molecule has 7 heteroatoms. The Labute approximate surface area is 163 Å². The Morgan fingerprint density at radius 2 is 1.56 bits per heavy atom. The summed E-state index contributed by atoms with van der Waals surface area (Å²) in [5.74, 6) is -1.44. The second kappa shape index (κ2) is 6.75. The molecular weight excluding hydrogens is 406 g/mol. The van der Waals surface area contributed by atoms with Crippen LogP contribution in [0.1, 0.15) is 16.8 Å². The largest absolute Gasteiger partial charge is 0.375 e. The number of fused-ring (bicyclic) bond motifs is 1. The van der Waals surface area contributed by atoms with Crippen LogP contribution < -0.4 is 0 Å². The molecule has 3 nitrogen and oxygen atoms in total. The minimum Gasteiger partial charge on any atom is -0.375 e. The van der Waals surface area contributed by atoms with Crippen molar-refractivity contribution in [2.75, 3.05) is 0 Å². The zero-order valence-corrected chi connectivity index (χ0v) is 15.5. The van der Waals surface area contributed by atoms with Crippen LogP contribution >= 0.6 is 46.4 Å². The lowest BCUT2D eigenvalue weighted by Gasteiger charge is -2.29. The molecule has 0 radical (unpaired) electrons. The van der Waals surface area contributed by atoms with E-state index in [-0.39, 0.29) is 10.1 Å². The van der Waals surface area contributed by atoms with Gasteiger partial charge in [-0.05, 0) is 16.8 Å². The molecule has 0 heterocycles. The first-order valence-electron chi connectivity index (χ1n) is 7.16. The zero-order valence-electron chi connectivity index (χ0n) is 12.5. The molecule has 0 aliphatic heterocycles. The molecule has 0 fully saturated rings. The number of carbonyl (C=O) groups excluding carboxylic acids is 2. The summed E-state index contributed by atoms with van der Waals surface area (Å²) in [5.41, 5.74) is -2.01. The van der Waals surface area contributed by atoms with Gasteiger partial charge in [-0.2, -0.15) is 0 Å². The van der Waals surface area contributed by atoms with E-state index in [4.69, 9.17) is 46.4 Å². The molecule has 1 aliphatic carbocycles. The number of hydrogen-bond donors (Lipinski definition) is 1. The molecule has 1 N–H and O–H groups in total. The minimum atomic E-state index is -2.34. The van der Waals surface area contributed by atoms with E-state index in [9.17, 15) is 14.7 Å². The van der Waals surface area contributed by atoms with Crippen molar-refractivity contribution in [3.05, 3.63) is 68.2 Å². The Balaban J connectivity index is 1.97. The van der Waals surface area contributed by atoms with E-state index in [1.807, 2.05) is 24.3 Å². The van der Waals surface area contributed by atoms with Crippen LogP contribution in [0.5, 0.6) is 0 Å². The first-order valence-corrected chi connectivity index (χ1v) is 8.67. The third-order valence-corrected chi connectivity index (χ3v) is 5.91. The van der Waals surface area contributed by atoms with E-state index in [2.05, 4.69) is 0 Å². The summed E-state index contributed by atoms with van der Waals surface area (Å²) in [7, 11) is 0. The van der Waals surface area contributed by atoms with Crippen LogP contribution in [0.2, 0.25) is 0 Å². The molecule has 1 unspecified atom stereocenters. The Morgan fingerprint density at radius 1 is 0.920 bits per heavy atom. The number of allylic oxidation sites excluding steroid dienone is 2. The summed E-state index contributed by atoms with van der Waals surface area (Å²) < 4.78 is 0. The molecule has 1 atom stereocenters. The van der Waals surface area contributed by atoms with Gasteiger partial charge in [0, 0.05) is 5.56 Å². The van der Waals surface area contributed by atoms with Crippen molar-refractivity contribution in [2.45, 2.75) is 12.0 Å². The van der Waals surface area contributed by atoms with Crippen molar-refractivity contribution in [3.8, 4) is 0 Å². The highest BCUT2D eigenvalue weighted by atomic mass is 35.5. The third-order valence-electron chi connectivity index (χ3n) is 4.00. The number of hydrogen-bond acceptors (Lipinski definition) is 3. The molecule has 3 rings (SSSR count). The van der Waals surface area contributed by atoms with Gasteiger partial charge in [0.25, 0.3) is 0 Å². The van der Waals surface area contributed by atoms with E-state index < -0.39 is 33.7 Å². The van der Waals surface area contributed by atoms with Crippen LogP contribution in [0.4, 0.5) is 0 Å². The molecule has 0 saturated carbocycles. The number of halogens is 4. The molecule has 2 aromatic carbocycles. The first-order chi connectivity index (χ1) is 11.8. The maximum Gasteiger partial charge on any atom is 0.213 e. The minimum absolute atomic E-state index is 0.248. The molecule has 25 heavy (non-hydrogen) atoms. The maximum atomic E-state index is 12.6. The van der Waals surface area contributed by atoms with E-state index >= 15 is 0 Å². The second-order valence-electron chi connectivity index (χ2n) is 5.61. The summed E-state index contributed by atoms with van der Waals surface area (Å²) in [5, 5.41) is 11.1. The number of benzene rings is 2. The predicted octanol–water partition coefficient (Wildman–Crippen LogP) is 5.10. The molecule has 2 aromatic rings. The fraction of sp³-hybridized carbons (Fsp3) is 0.111. The average Bonchev–Trinajstić information content (AvgIpc) is 2.63. The lowest BCUT2D eigenvalue weighted by molar-refractivity contribution is -0.128. The Morgan fingerprint density at radius 3 is 2.24 bits per heavy atom. The van der Waals surface area contributed by atoms with Gasteiger partial charge < -0.3 is 5.11 Å². The number of aliphatic hydroxyl groups is 1. The Bertz CT molecular complexity index is 977. The predicted molar refractivity (Wildman–Crippen MR) is 100 cm³/mol. The Hall–Kier alpha value is -1.36. The van der Waals surface area contributed by atoms with Gasteiger partial charge >= 0.3 is 0 Å². The van der Waals surface area contributed by atoms with Crippen molar-refractivity contribution in [2.24, 2.45) is 0 Å². The van der Waals surface area contributed by atoms with E-state index in [1.54, 1.807) is 18.2 Å².